The minimum absolute atomic E-state index is 0.150. The van der Waals surface area contributed by atoms with E-state index in [2.05, 4.69) is 0 Å². The van der Waals surface area contributed by atoms with Crippen LogP contribution in [-0.4, -0.2) is 37.5 Å². The molecular weight excluding hydrogens is 274 g/mol. The SMILES string of the molecule is CCCN(CCO)S(=O)(=O)C1=Cc2ccccc2CC1. The van der Waals surface area contributed by atoms with E-state index in [1.165, 1.54) is 9.87 Å². The standard InChI is InChI=1S/C15H21NO3S/c1-2-9-16(10-11-17)20(18,19)15-8-7-13-5-3-4-6-14(13)12-15/h3-6,12,17H,2,7-11H2,1H3. The first-order chi connectivity index (χ1) is 9.59. The number of sulfonamides is 1. The van der Waals surface area contributed by atoms with Crippen LogP contribution in [0.25, 0.3) is 6.08 Å². The molecular formula is C15H21NO3S. The highest BCUT2D eigenvalue weighted by molar-refractivity contribution is 7.93. The van der Waals surface area contributed by atoms with Crippen LogP contribution in [0.1, 0.15) is 30.9 Å². The van der Waals surface area contributed by atoms with Crippen LogP contribution in [0.3, 0.4) is 0 Å². The lowest BCUT2D eigenvalue weighted by molar-refractivity contribution is 0.254. The average Bonchev–Trinajstić information content (AvgIpc) is 2.46. The van der Waals surface area contributed by atoms with Gasteiger partial charge in [0.15, 0.2) is 0 Å². The van der Waals surface area contributed by atoms with Crippen LogP contribution in [0.4, 0.5) is 0 Å². The summed E-state index contributed by atoms with van der Waals surface area (Å²) in [4.78, 5) is 0.457. The van der Waals surface area contributed by atoms with Crippen LogP contribution in [0.2, 0.25) is 0 Å². The maximum absolute atomic E-state index is 12.6. The summed E-state index contributed by atoms with van der Waals surface area (Å²) in [5.41, 5.74) is 2.17. The molecule has 1 aromatic rings. The molecule has 0 bridgehead atoms. The molecule has 0 unspecified atom stereocenters. The number of hydrogen-bond acceptors (Lipinski definition) is 3. The molecule has 0 amide bonds. The molecule has 4 nitrogen and oxygen atoms in total. The Hall–Kier alpha value is -1.17. The zero-order valence-corrected chi connectivity index (χ0v) is 12.6. The lowest BCUT2D eigenvalue weighted by Crippen LogP contribution is -2.35. The number of aliphatic hydroxyl groups is 1. The van der Waals surface area contributed by atoms with Gasteiger partial charge in [-0.15, -0.1) is 0 Å². The predicted molar refractivity (Wildman–Crippen MR) is 80.6 cm³/mol. The number of allylic oxidation sites excluding steroid dienone is 1. The number of hydrogen-bond donors (Lipinski definition) is 1. The Labute approximate surface area is 120 Å². The highest BCUT2D eigenvalue weighted by Gasteiger charge is 2.27. The Morgan fingerprint density at radius 3 is 2.65 bits per heavy atom. The van der Waals surface area contributed by atoms with Gasteiger partial charge < -0.3 is 5.11 Å². The van der Waals surface area contributed by atoms with Crippen molar-refractivity contribution < 1.29 is 13.5 Å². The first kappa shape index (κ1) is 15.2. The predicted octanol–water partition coefficient (Wildman–Crippen LogP) is 2.01. The lowest BCUT2D eigenvalue weighted by Gasteiger charge is -2.24. The minimum Gasteiger partial charge on any atom is -0.395 e. The van der Waals surface area contributed by atoms with Crippen LogP contribution in [-0.2, 0) is 16.4 Å². The molecule has 5 heteroatoms. The molecule has 0 saturated heterocycles. The molecule has 1 N–H and O–H groups in total. The Balaban J connectivity index is 2.33. The maximum Gasteiger partial charge on any atom is 0.239 e. The van der Waals surface area contributed by atoms with Gasteiger partial charge in [-0.1, -0.05) is 31.2 Å². The van der Waals surface area contributed by atoms with E-state index in [-0.39, 0.29) is 13.2 Å². The Kier molecular flexibility index (Phi) is 4.96. The molecule has 0 atom stereocenters. The van der Waals surface area contributed by atoms with Gasteiger partial charge in [0.05, 0.1) is 11.5 Å². The summed E-state index contributed by atoms with van der Waals surface area (Å²) in [5.74, 6) is 0. The van der Waals surface area contributed by atoms with E-state index < -0.39 is 10.0 Å². The van der Waals surface area contributed by atoms with Crippen molar-refractivity contribution in [1.29, 1.82) is 0 Å². The van der Waals surface area contributed by atoms with Crippen molar-refractivity contribution >= 4 is 16.1 Å². The average molecular weight is 295 g/mol. The van der Waals surface area contributed by atoms with Gasteiger partial charge in [-0.3, -0.25) is 0 Å². The number of aryl methyl sites for hydroxylation is 1. The molecule has 0 saturated carbocycles. The van der Waals surface area contributed by atoms with Crippen molar-refractivity contribution in [1.82, 2.24) is 4.31 Å². The van der Waals surface area contributed by atoms with Gasteiger partial charge in [0.1, 0.15) is 0 Å². The minimum atomic E-state index is -3.46. The first-order valence-corrected chi connectivity index (χ1v) is 8.43. The summed E-state index contributed by atoms with van der Waals surface area (Å²) in [6.45, 7) is 2.39. The van der Waals surface area contributed by atoms with Crippen LogP contribution in [0.5, 0.6) is 0 Å². The third-order valence-electron chi connectivity index (χ3n) is 3.51. The van der Waals surface area contributed by atoms with E-state index in [0.29, 0.717) is 17.9 Å². The second-order valence-electron chi connectivity index (χ2n) is 4.94. The van der Waals surface area contributed by atoms with Gasteiger partial charge in [-0.2, -0.15) is 4.31 Å². The molecule has 1 aromatic carbocycles. The number of nitrogens with zero attached hydrogens (tertiary/aromatic N) is 1. The third kappa shape index (κ3) is 3.11. The smallest absolute Gasteiger partial charge is 0.239 e. The molecule has 0 fully saturated rings. The Bertz CT molecular complexity index is 587. The normalized spacial score (nSPS) is 15.1. The van der Waals surface area contributed by atoms with E-state index >= 15 is 0 Å². The number of rotatable bonds is 6. The fraction of sp³-hybridized carbons (Fsp3) is 0.467. The van der Waals surface area contributed by atoms with Gasteiger partial charge in [-0.05, 0) is 36.5 Å². The third-order valence-corrected chi connectivity index (χ3v) is 5.54. The lowest BCUT2D eigenvalue weighted by atomic mass is 9.98. The summed E-state index contributed by atoms with van der Waals surface area (Å²) in [6.07, 6.45) is 3.79. The summed E-state index contributed by atoms with van der Waals surface area (Å²) in [7, 11) is -3.46. The van der Waals surface area contributed by atoms with Gasteiger partial charge in [0.2, 0.25) is 10.0 Å². The highest BCUT2D eigenvalue weighted by Crippen LogP contribution is 2.28. The monoisotopic (exact) mass is 295 g/mol. The molecule has 110 valence electrons. The Morgan fingerprint density at radius 1 is 1.20 bits per heavy atom. The summed E-state index contributed by atoms with van der Waals surface area (Å²) < 4.78 is 26.6. The topological polar surface area (TPSA) is 57.6 Å². The van der Waals surface area contributed by atoms with E-state index in [0.717, 1.165) is 18.4 Å². The number of aliphatic hydroxyl groups excluding tert-OH is 1. The van der Waals surface area contributed by atoms with Crippen molar-refractivity contribution in [3.63, 3.8) is 0 Å². The molecule has 0 heterocycles. The van der Waals surface area contributed by atoms with Crippen LogP contribution in [0, 0.1) is 0 Å². The van der Waals surface area contributed by atoms with E-state index in [4.69, 9.17) is 5.11 Å². The largest absolute Gasteiger partial charge is 0.395 e. The summed E-state index contributed by atoms with van der Waals surface area (Å²) in [5, 5.41) is 9.06. The van der Waals surface area contributed by atoms with E-state index in [1.807, 2.05) is 31.2 Å². The molecule has 2 rings (SSSR count). The van der Waals surface area contributed by atoms with Crippen molar-refractivity contribution in [2.45, 2.75) is 26.2 Å². The molecule has 20 heavy (non-hydrogen) atoms. The molecule has 1 aliphatic carbocycles. The second kappa shape index (κ2) is 6.52. The van der Waals surface area contributed by atoms with Crippen molar-refractivity contribution in [2.75, 3.05) is 19.7 Å². The maximum atomic E-state index is 12.6. The molecule has 0 aliphatic heterocycles. The van der Waals surface area contributed by atoms with Crippen LogP contribution in [0.15, 0.2) is 29.2 Å². The quantitative estimate of drug-likeness (QED) is 0.873. The van der Waals surface area contributed by atoms with Gasteiger partial charge >= 0.3 is 0 Å². The fourth-order valence-corrected chi connectivity index (χ4v) is 4.20. The van der Waals surface area contributed by atoms with Crippen LogP contribution < -0.4 is 0 Å². The summed E-state index contributed by atoms with van der Waals surface area (Å²) in [6, 6.07) is 7.87. The van der Waals surface area contributed by atoms with Crippen molar-refractivity contribution in [3.8, 4) is 0 Å². The molecule has 0 spiro atoms. The van der Waals surface area contributed by atoms with Crippen molar-refractivity contribution in [2.24, 2.45) is 0 Å². The highest BCUT2D eigenvalue weighted by atomic mass is 32.2. The zero-order chi connectivity index (χ0) is 14.6. The summed E-state index contributed by atoms with van der Waals surface area (Å²) >= 11 is 0. The molecule has 1 aliphatic rings. The van der Waals surface area contributed by atoms with E-state index in [9.17, 15) is 8.42 Å². The molecule has 0 radical (unpaired) electrons. The second-order valence-corrected chi connectivity index (χ2v) is 6.93. The van der Waals surface area contributed by atoms with Crippen LogP contribution >= 0.6 is 0 Å². The van der Waals surface area contributed by atoms with Gasteiger partial charge in [0.25, 0.3) is 0 Å². The van der Waals surface area contributed by atoms with E-state index in [1.54, 1.807) is 6.08 Å². The fourth-order valence-electron chi connectivity index (χ4n) is 2.49. The molecule has 0 aromatic heterocycles. The van der Waals surface area contributed by atoms with Crippen molar-refractivity contribution in [3.05, 3.63) is 40.3 Å². The number of fused-ring (bicyclic) bond motifs is 1. The Morgan fingerprint density at radius 2 is 1.95 bits per heavy atom. The van der Waals surface area contributed by atoms with Gasteiger partial charge in [0, 0.05) is 13.1 Å². The first-order valence-electron chi connectivity index (χ1n) is 6.99. The van der Waals surface area contributed by atoms with Gasteiger partial charge in [-0.25, -0.2) is 8.42 Å². The zero-order valence-electron chi connectivity index (χ0n) is 11.7. The number of benzene rings is 1.